The van der Waals surface area contributed by atoms with Crippen molar-refractivity contribution in [1.29, 1.82) is 5.26 Å². The SMILES string of the molecule is CCCCCCC(C)Oc1ccc([N+](=O)[O-])cc1C#N. The van der Waals surface area contributed by atoms with Gasteiger partial charge in [0.05, 0.1) is 11.0 Å². The molecule has 1 unspecified atom stereocenters. The van der Waals surface area contributed by atoms with E-state index in [2.05, 4.69) is 6.92 Å². The lowest BCUT2D eigenvalue weighted by atomic mass is 10.1. The molecule has 1 rings (SSSR count). The van der Waals surface area contributed by atoms with Crippen molar-refractivity contribution >= 4 is 5.69 Å². The number of unbranched alkanes of at least 4 members (excludes halogenated alkanes) is 3. The standard InChI is InChI=1S/C15H20N2O3/c1-3-4-5-6-7-12(2)20-15-9-8-14(17(18)19)10-13(15)11-16/h8-10,12H,3-7H2,1-2H3. The molecule has 20 heavy (non-hydrogen) atoms. The lowest BCUT2D eigenvalue weighted by Crippen LogP contribution is -2.12. The van der Waals surface area contributed by atoms with Crippen LogP contribution in [-0.2, 0) is 0 Å². The molecule has 0 aliphatic heterocycles. The second-order valence-electron chi connectivity index (χ2n) is 4.83. The Balaban J connectivity index is 2.63. The van der Waals surface area contributed by atoms with Crippen molar-refractivity contribution in [2.45, 2.75) is 52.1 Å². The van der Waals surface area contributed by atoms with Gasteiger partial charge in [-0.1, -0.05) is 26.2 Å². The van der Waals surface area contributed by atoms with Crippen LogP contribution >= 0.6 is 0 Å². The van der Waals surface area contributed by atoms with Crippen molar-refractivity contribution in [1.82, 2.24) is 0 Å². The van der Waals surface area contributed by atoms with E-state index in [1.54, 1.807) is 0 Å². The molecule has 0 radical (unpaired) electrons. The predicted octanol–water partition coefficient (Wildman–Crippen LogP) is 4.20. The molecule has 0 saturated carbocycles. The Bertz CT molecular complexity index is 494. The Hall–Kier alpha value is -2.09. The molecular weight excluding hydrogens is 256 g/mol. The van der Waals surface area contributed by atoms with Gasteiger partial charge in [0.25, 0.3) is 5.69 Å². The number of rotatable bonds is 8. The van der Waals surface area contributed by atoms with Crippen LogP contribution in [0.25, 0.3) is 0 Å². The van der Waals surface area contributed by atoms with Crippen LogP contribution in [0.15, 0.2) is 18.2 Å². The largest absolute Gasteiger partial charge is 0.489 e. The minimum absolute atomic E-state index is 0.000382. The van der Waals surface area contributed by atoms with E-state index < -0.39 is 4.92 Å². The van der Waals surface area contributed by atoms with Crippen molar-refractivity contribution in [3.05, 3.63) is 33.9 Å². The summed E-state index contributed by atoms with van der Waals surface area (Å²) in [5.74, 6) is 0.418. The smallest absolute Gasteiger partial charge is 0.271 e. The van der Waals surface area contributed by atoms with E-state index >= 15 is 0 Å². The van der Waals surface area contributed by atoms with Crippen LogP contribution in [0.2, 0.25) is 0 Å². The number of nitro benzene ring substituents is 1. The number of hydrogen-bond donors (Lipinski definition) is 0. The van der Waals surface area contributed by atoms with Crippen molar-refractivity contribution in [3.8, 4) is 11.8 Å². The molecule has 0 saturated heterocycles. The Kier molecular flexibility index (Phi) is 6.51. The first kappa shape index (κ1) is 16.0. The van der Waals surface area contributed by atoms with Gasteiger partial charge in [0.1, 0.15) is 17.4 Å². The first-order valence-electron chi connectivity index (χ1n) is 6.93. The minimum Gasteiger partial charge on any atom is -0.489 e. The van der Waals surface area contributed by atoms with Gasteiger partial charge in [0.15, 0.2) is 0 Å². The normalized spacial score (nSPS) is 11.7. The second kappa shape index (κ2) is 8.16. The van der Waals surface area contributed by atoms with E-state index in [0.717, 1.165) is 12.8 Å². The predicted molar refractivity (Wildman–Crippen MR) is 76.7 cm³/mol. The van der Waals surface area contributed by atoms with Crippen LogP contribution in [-0.4, -0.2) is 11.0 Å². The van der Waals surface area contributed by atoms with Crippen molar-refractivity contribution in [3.63, 3.8) is 0 Å². The summed E-state index contributed by atoms with van der Waals surface area (Å²) in [4.78, 5) is 10.1. The number of hydrogen-bond acceptors (Lipinski definition) is 4. The second-order valence-corrected chi connectivity index (χ2v) is 4.83. The first-order chi connectivity index (χ1) is 9.58. The van der Waals surface area contributed by atoms with Gasteiger partial charge in [-0.3, -0.25) is 10.1 Å². The molecule has 0 fully saturated rings. The molecule has 0 amide bonds. The van der Waals surface area contributed by atoms with Gasteiger partial charge in [0.2, 0.25) is 0 Å². The van der Waals surface area contributed by atoms with Gasteiger partial charge in [-0.2, -0.15) is 5.26 Å². The zero-order chi connectivity index (χ0) is 15.0. The van der Waals surface area contributed by atoms with Crippen LogP contribution in [0.5, 0.6) is 5.75 Å². The molecule has 1 aromatic rings. The molecule has 108 valence electrons. The summed E-state index contributed by atoms with van der Waals surface area (Å²) in [6.45, 7) is 4.12. The summed E-state index contributed by atoms with van der Waals surface area (Å²) in [5.41, 5.74) is 0.115. The third-order valence-corrected chi connectivity index (χ3v) is 3.09. The summed E-state index contributed by atoms with van der Waals surface area (Å²) in [6.07, 6.45) is 5.59. The quantitative estimate of drug-likeness (QED) is 0.405. The highest BCUT2D eigenvalue weighted by atomic mass is 16.6. The molecule has 0 heterocycles. The maximum absolute atomic E-state index is 10.7. The van der Waals surface area contributed by atoms with Crippen LogP contribution in [0.1, 0.15) is 51.5 Å². The molecule has 0 N–H and O–H groups in total. The van der Waals surface area contributed by atoms with Crippen LogP contribution in [0, 0.1) is 21.4 Å². The Morgan fingerprint density at radius 3 is 2.75 bits per heavy atom. The lowest BCUT2D eigenvalue weighted by Gasteiger charge is -2.15. The molecule has 0 spiro atoms. The highest BCUT2D eigenvalue weighted by molar-refractivity contribution is 5.50. The zero-order valence-electron chi connectivity index (χ0n) is 12.0. The van der Waals surface area contributed by atoms with E-state index in [-0.39, 0.29) is 17.4 Å². The van der Waals surface area contributed by atoms with Gasteiger partial charge in [-0.25, -0.2) is 0 Å². The Labute approximate surface area is 119 Å². The molecule has 1 atom stereocenters. The summed E-state index contributed by atoms with van der Waals surface area (Å²) >= 11 is 0. The minimum atomic E-state index is -0.515. The summed E-state index contributed by atoms with van der Waals surface area (Å²) in [5, 5.41) is 19.7. The molecule has 0 aliphatic carbocycles. The topological polar surface area (TPSA) is 76.2 Å². The maximum Gasteiger partial charge on any atom is 0.271 e. The van der Waals surface area contributed by atoms with E-state index in [1.807, 2.05) is 13.0 Å². The number of nitrogens with zero attached hydrogens (tertiary/aromatic N) is 2. The maximum atomic E-state index is 10.7. The van der Waals surface area contributed by atoms with E-state index in [1.165, 1.54) is 37.5 Å². The van der Waals surface area contributed by atoms with Crippen molar-refractivity contribution < 1.29 is 9.66 Å². The average Bonchev–Trinajstić information content (AvgIpc) is 2.43. The molecule has 1 aromatic carbocycles. The monoisotopic (exact) mass is 276 g/mol. The molecular formula is C15H20N2O3. The van der Waals surface area contributed by atoms with Crippen molar-refractivity contribution in [2.24, 2.45) is 0 Å². The Morgan fingerprint density at radius 2 is 2.15 bits per heavy atom. The van der Waals surface area contributed by atoms with E-state index in [4.69, 9.17) is 10.00 Å². The Morgan fingerprint density at radius 1 is 1.40 bits per heavy atom. The number of nitro groups is 1. The third kappa shape index (κ3) is 4.88. The van der Waals surface area contributed by atoms with Gasteiger partial charge in [-0.15, -0.1) is 0 Å². The number of non-ortho nitro benzene ring substituents is 1. The zero-order valence-corrected chi connectivity index (χ0v) is 12.0. The molecule has 0 bridgehead atoms. The number of ether oxygens (including phenoxy) is 1. The van der Waals surface area contributed by atoms with E-state index in [0.29, 0.717) is 5.75 Å². The fourth-order valence-corrected chi connectivity index (χ4v) is 1.96. The molecule has 5 heteroatoms. The summed E-state index contributed by atoms with van der Waals surface area (Å²) < 4.78 is 5.71. The summed E-state index contributed by atoms with van der Waals surface area (Å²) in [6, 6.07) is 6.05. The number of nitriles is 1. The van der Waals surface area contributed by atoms with Gasteiger partial charge < -0.3 is 4.74 Å². The summed E-state index contributed by atoms with van der Waals surface area (Å²) in [7, 11) is 0. The van der Waals surface area contributed by atoms with Crippen LogP contribution in [0.3, 0.4) is 0 Å². The van der Waals surface area contributed by atoms with Gasteiger partial charge in [0, 0.05) is 12.1 Å². The average molecular weight is 276 g/mol. The van der Waals surface area contributed by atoms with Gasteiger partial charge in [-0.05, 0) is 25.8 Å². The lowest BCUT2D eigenvalue weighted by molar-refractivity contribution is -0.384. The highest BCUT2D eigenvalue weighted by Crippen LogP contribution is 2.25. The third-order valence-electron chi connectivity index (χ3n) is 3.09. The highest BCUT2D eigenvalue weighted by Gasteiger charge is 2.13. The van der Waals surface area contributed by atoms with Crippen LogP contribution in [0.4, 0.5) is 5.69 Å². The van der Waals surface area contributed by atoms with Gasteiger partial charge >= 0.3 is 0 Å². The molecule has 0 aromatic heterocycles. The molecule has 0 aliphatic rings. The molecule has 5 nitrogen and oxygen atoms in total. The first-order valence-corrected chi connectivity index (χ1v) is 6.93. The fraction of sp³-hybridized carbons (Fsp3) is 0.533. The van der Waals surface area contributed by atoms with Crippen molar-refractivity contribution in [2.75, 3.05) is 0 Å². The number of benzene rings is 1. The fourth-order valence-electron chi connectivity index (χ4n) is 1.96. The van der Waals surface area contributed by atoms with Crippen LogP contribution < -0.4 is 4.74 Å². The van der Waals surface area contributed by atoms with E-state index in [9.17, 15) is 10.1 Å².